The molecule has 0 aliphatic carbocycles. The van der Waals surface area contributed by atoms with Crippen LogP contribution < -0.4 is 11.2 Å². The number of H-pyrrole nitrogens is 1. The molecule has 2 aromatic heterocycles. The van der Waals surface area contributed by atoms with Gasteiger partial charge < -0.3 is 4.98 Å². The van der Waals surface area contributed by atoms with Crippen LogP contribution in [0.1, 0.15) is 43.1 Å². The predicted molar refractivity (Wildman–Crippen MR) is 114 cm³/mol. The van der Waals surface area contributed by atoms with Crippen LogP contribution in [-0.4, -0.2) is 31.0 Å². The summed E-state index contributed by atoms with van der Waals surface area (Å²) in [6.07, 6.45) is -2.18. The Labute approximate surface area is 180 Å². The number of halogens is 3. The molecule has 0 saturated carbocycles. The average molecular weight is 446 g/mol. The van der Waals surface area contributed by atoms with E-state index in [1.807, 2.05) is 6.92 Å². The lowest BCUT2D eigenvalue weighted by Crippen LogP contribution is -2.39. The molecule has 1 aliphatic rings. The fourth-order valence-corrected chi connectivity index (χ4v) is 3.80. The summed E-state index contributed by atoms with van der Waals surface area (Å²) < 4.78 is 41.7. The molecule has 0 saturated heterocycles. The zero-order valence-electron chi connectivity index (χ0n) is 17.5. The molecule has 1 unspecified atom stereocenters. The summed E-state index contributed by atoms with van der Waals surface area (Å²) in [7, 11) is 0. The van der Waals surface area contributed by atoms with Gasteiger partial charge in [0.25, 0.3) is 5.56 Å². The van der Waals surface area contributed by atoms with E-state index in [1.165, 1.54) is 21.4 Å². The van der Waals surface area contributed by atoms with E-state index in [0.717, 1.165) is 12.1 Å². The molecule has 4 rings (SSSR count). The molecular weight excluding hydrogens is 425 g/mol. The molecule has 32 heavy (non-hydrogen) atoms. The Kier molecular flexibility index (Phi) is 5.57. The largest absolute Gasteiger partial charge is 0.416 e. The second-order valence-electron chi connectivity index (χ2n) is 7.51. The Balaban J connectivity index is 1.72. The van der Waals surface area contributed by atoms with Crippen molar-refractivity contribution < 1.29 is 13.2 Å². The maximum Gasteiger partial charge on any atom is 0.416 e. The topological polar surface area (TPSA) is 97.4 Å². The van der Waals surface area contributed by atoms with Crippen LogP contribution in [0.3, 0.4) is 0 Å². The number of fused-ring (bicyclic) bond motifs is 1. The van der Waals surface area contributed by atoms with E-state index < -0.39 is 28.9 Å². The normalized spacial score (nSPS) is 16.2. The second kappa shape index (κ2) is 8.21. The molecule has 1 atom stereocenters. The Hall–Kier alpha value is -3.50. The van der Waals surface area contributed by atoms with E-state index in [2.05, 4.69) is 20.2 Å². The number of aryl methyl sites for hydroxylation is 1. The summed E-state index contributed by atoms with van der Waals surface area (Å²) in [4.78, 5) is 33.0. The number of hydrogen-bond acceptors (Lipinski definition) is 5. The summed E-state index contributed by atoms with van der Waals surface area (Å²) in [5.41, 5.74) is -0.261. The van der Waals surface area contributed by atoms with Gasteiger partial charge in [-0.15, -0.1) is 0 Å². The summed E-state index contributed by atoms with van der Waals surface area (Å²) in [5.74, 6) is -0.184. The molecule has 0 amide bonds. The number of imidazole rings is 1. The molecular formula is C21H21F3N6O2. The molecule has 3 heterocycles. The third kappa shape index (κ3) is 3.78. The van der Waals surface area contributed by atoms with E-state index >= 15 is 0 Å². The lowest BCUT2D eigenvalue weighted by atomic mass is 9.97. The highest BCUT2D eigenvalue weighted by Gasteiger charge is 2.31. The van der Waals surface area contributed by atoms with Crippen molar-refractivity contribution in [3.8, 4) is 0 Å². The first kappa shape index (κ1) is 21.7. The highest BCUT2D eigenvalue weighted by atomic mass is 19.4. The van der Waals surface area contributed by atoms with E-state index in [1.54, 1.807) is 13.0 Å². The van der Waals surface area contributed by atoms with Crippen LogP contribution >= 0.6 is 0 Å². The smallest absolute Gasteiger partial charge is 0.335 e. The monoisotopic (exact) mass is 446 g/mol. The molecule has 0 radical (unpaired) electrons. The van der Waals surface area contributed by atoms with Gasteiger partial charge in [0.15, 0.2) is 5.65 Å². The quantitative estimate of drug-likeness (QED) is 0.630. The van der Waals surface area contributed by atoms with Gasteiger partial charge >= 0.3 is 11.9 Å². The minimum Gasteiger partial charge on any atom is -0.335 e. The van der Waals surface area contributed by atoms with Crippen molar-refractivity contribution in [1.82, 2.24) is 19.1 Å². The van der Waals surface area contributed by atoms with Crippen LogP contribution in [0.25, 0.3) is 11.2 Å². The lowest BCUT2D eigenvalue weighted by molar-refractivity contribution is -0.137. The van der Waals surface area contributed by atoms with Gasteiger partial charge in [0.2, 0.25) is 0 Å². The third-order valence-corrected chi connectivity index (χ3v) is 5.34. The molecule has 8 nitrogen and oxygen atoms in total. The first-order chi connectivity index (χ1) is 15.2. The minimum atomic E-state index is -4.44. The first-order valence-corrected chi connectivity index (χ1v) is 10.2. The maximum atomic E-state index is 13.0. The fraction of sp³-hybridized carbons (Fsp3) is 0.381. The zero-order valence-corrected chi connectivity index (χ0v) is 17.5. The molecule has 1 N–H and O–H groups in total. The molecule has 11 heteroatoms. The minimum absolute atomic E-state index is 0.131. The molecule has 1 aliphatic heterocycles. The van der Waals surface area contributed by atoms with Gasteiger partial charge in [-0.1, -0.05) is 25.1 Å². The number of rotatable bonds is 6. The first-order valence-electron chi connectivity index (χ1n) is 10.2. The van der Waals surface area contributed by atoms with Crippen LogP contribution in [0.2, 0.25) is 0 Å². The number of aromatic amines is 1. The van der Waals surface area contributed by atoms with Gasteiger partial charge in [0.1, 0.15) is 11.3 Å². The maximum absolute atomic E-state index is 13.0. The lowest BCUT2D eigenvalue weighted by Gasteiger charge is -2.11. The number of alkyl halides is 3. The van der Waals surface area contributed by atoms with Crippen molar-refractivity contribution in [3.63, 3.8) is 0 Å². The molecule has 0 spiro atoms. The number of benzene rings is 1. The van der Waals surface area contributed by atoms with Crippen molar-refractivity contribution in [1.29, 1.82) is 0 Å². The van der Waals surface area contributed by atoms with Gasteiger partial charge in [-0.25, -0.2) is 9.78 Å². The van der Waals surface area contributed by atoms with Crippen molar-refractivity contribution in [2.75, 3.05) is 0 Å². The van der Waals surface area contributed by atoms with E-state index in [4.69, 9.17) is 0 Å². The average Bonchev–Trinajstić information content (AvgIpc) is 3.38. The SMILES string of the molecule is CCCn1c(=O)c2[nH]c(C3C=NN=C3Cc3cccc(C(F)(F)F)c3)nc2n(CC)c1=O. The molecule has 168 valence electrons. The van der Waals surface area contributed by atoms with Gasteiger partial charge in [0.05, 0.1) is 17.2 Å². The van der Waals surface area contributed by atoms with Crippen LogP contribution in [0, 0.1) is 0 Å². The van der Waals surface area contributed by atoms with E-state index in [9.17, 15) is 22.8 Å². The Morgan fingerprint density at radius 3 is 2.62 bits per heavy atom. The Morgan fingerprint density at radius 1 is 1.16 bits per heavy atom. The number of hydrogen-bond donors (Lipinski definition) is 1. The molecule has 0 bridgehead atoms. The van der Waals surface area contributed by atoms with Crippen LogP contribution in [0.5, 0.6) is 0 Å². The Bertz CT molecular complexity index is 1350. The van der Waals surface area contributed by atoms with E-state index in [-0.39, 0.29) is 24.1 Å². The number of nitrogens with zero attached hydrogens (tertiary/aromatic N) is 5. The highest BCUT2D eigenvalue weighted by Crippen LogP contribution is 2.30. The molecule has 0 fully saturated rings. The summed E-state index contributed by atoms with van der Waals surface area (Å²) in [6.45, 7) is 4.27. The summed E-state index contributed by atoms with van der Waals surface area (Å²) in [6, 6.07) is 5.03. The van der Waals surface area contributed by atoms with Crippen LogP contribution in [0.15, 0.2) is 44.1 Å². The van der Waals surface area contributed by atoms with Gasteiger partial charge in [-0.05, 0) is 25.0 Å². The molecule has 3 aromatic rings. The standard InChI is InChI=1S/C21H21F3N6O2/c1-3-8-30-19(31)16-18(29(4-2)20(30)32)27-17(26-16)14-11-25-28-15(14)10-12-6-5-7-13(9-12)21(22,23)24/h5-7,9,11,14H,3-4,8,10H2,1-2H3,(H,26,27). The number of aromatic nitrogens is 4. The second-order valence-corrected chi connectivity index (χ2v) is 7.51. The summed E-state index contributed by atoms with van der Waals surface area (Å²) in [5, 5.41) is 7.99. The van der Waals surface area contributed by atoms with Crippen LogP contribution in [0.4, 0.5) is 13.2 Å². The Morgan fingerprint density at radius 2 is 1.94 bits per heavy atom. The van der Waals surface area contributed by atoms with Crippen molar-refractivity contribution in [2.45, 2.75) is 51.9 Å². The predicted octanol–water partition coefficient (Wildman–Crippen LogP) is 3.10. The van der Waals surface area contributed by atoms with Crippen molar-refractivity contribution >= 4 is 23.1 Å². The number of nitrogens with one attached hydrogen (secondary N) is 1. The highest BCUT2D eigenvalue weighted by molar-refractivity contribution is 6.07. The van der Waals surface area contributed by atoms with Gasteiger partial charge in [0, 0.05) is 25.7 Å². The van der Waals surface area contributed by atoms with Crippen molar-refractivity contribution in [2.24, 2.45) is 10.2 Å². The van der Waals surface area contributed by atoms with Gasteiger partial charge in [-0.3, -0.25) is 13.9 Å². The third-order valence-electron chi connectivity index (χ3n) is 5.34. The van der Waals surface area contributed by atoms with E-state index in [0.29, 0.717) is 30.1 Å². The van der Waals surface area contributed by atoms with Crippen LogP contribution in [-0.2, 0) is 25.7 Å². The fourth-order valence-electron chi connectivity index (χ4n) is 3.80. The van der Waals surface area contributed by atoms with Crippen molar-refractivity contribution in [3.05, 3.63) is 62.1 Å². The zero-order chi connectivity index (χ0) is 23.0. The summed E-state index contributed by atoms with van der Waals surface area (Å²) >= 11 is 0. The van der Waals surface area contributed by atoms with Gasteiger partial charge in [-0.2, -0.15) is 23.4 Å². The molecule has 1 aromatic carbocycles.